The minimum atomic E-state index is -5.03. The number of allylic oxidation sites excluding steroid dienone is 34. The topological polar surface area (TPSA) is 237 Å². The number of phosphoric acid groups is 2. The van der Waals surface area contributed by atoms with Crippen molar-refractivity contribution in [3.8, 4) is 0 Å². The summed E-state index contributed by atoms with van der Waals surface area (Å²) in [5.74, 6) is -2.50. The quantitative estimate of drug-likeness (QED) is 0.0169. The van der Waals surface area contributed by atoms with Gasteiger partial charge in [-0.2, -0.15) is 0 Å². The molecule has 0 aliphatic carbocycles. The number of phosphoric ester groups is 2. The summed E-state index contributed by atoms with van der Waals surface area (Å²) in [4.78, 5) is 73.0. The molecule has 0 rings (SSSR count). The van der Waals surface area contributed by atoms with E-state index in [0.717, 1.165) is 122 Å². The fourth-order valence-electron chi connectivity index (χ4n) is 9.97. The summed E-state index contributed by atoms with van der Waals surface area (Å²) < 4.78 is 68.4. The molecule has 110 heavy (non-hydrogen) atoms. The highest BCUT2D eigenvalue weighted by molar-refractivity contribution is 7.47. The van der Waals surface area contributed by atoms with Crippen molar-refractivity contribution in [1.29, 1.82) is 0 Å². The fourth-order valence-corrected chi connectivity index (χ4v) is 11.5. The highest BCUT2D eigenvalue weighted by Gasteiger charge is 2.30. The van der Waals surface area contributed by atoms with Crippen LogP contribution in [0, 0.1) is 0 Å². The van der Waals surface area contributed by atoms with Gasteiger partial charge in [0.05, 0.1) is 26.4 Å². The van der Waals surface area contributed by atoms with E-state index in [1.165, 1.54) is 64.2 Å². The van der Waals surface area contributed by atoms with E-state index in [9.17, 15) is 43.2 Å². The molecule has 17 nitrogen and oxygen atoms in total. The first kappa shape index (κ1) is 104. The average molecular weight is 1570 g/mol. The van der Waals surface area contributed by atoms with E-state index in [1.54, 1.807) is 0 Å². The van der Waals surface area contributed by atoms with Crippen LogP contribution in [0.15, 0.2) is 207 Å². The number of esters is 4. The minimum Gasteiger partial charge on any atom is -0.462 e. The van der Waals surface area contributed by atoms with E-state index >= 15 is 0 Å². The van der Waals surface area contributed by atoms with Crippen LogP contribution in [-0.4, -0.2) is 96.7 Å². The summed E-state index contributed by atoms with van der Waals surface area (Å²) in [5.41, 5.74) is 0. The molecule has 0 spiro atoms. The molecule has 0 aliphatic heterocycles. The monoisotopic (exact) mass is 1570 g/mol. The second-order valence-electron chi connectivity index (χ2n) is 26.6. The number of carbonyl (C=O) groups is 4. The van der Waals surface area contributed by atoms with Crippen LogP contribution < -0.4 is 0 Å². The van der Waals surface area contributed by atoms with Crippen LogP contribution in [0.2, 0.25) is 0 Å². The Labute approximate surface area is 665 Å². The molecule has 5 atom stereocenters. The van der Waals surface area contributed by atoms with Crippen molar-refractivity contribution in [2.24, 2.45) is 0 Å². The van der Waals surface area contributed by atoms with Gasteiger partial charge in [-0.3, -0.25) is 37.3 Å². The Hall–Kier alpha value is -6.36. The normalized spacial score (nSPS) is 14.9. The van der Waals surface area contributed by atoms with Crippen molar-refractivity contribution >= 4 is 39.5 Å². The number of hydrogen-bond donors (Lipinski definition) is 3. The van der Waals surface area contributed by atoms with Gasteiger partial charge in [-0.15, -0.1) is 0 Å². The SMILES string of the molecule is CC/C=C\C/C=C\C/C=C\C/C=C\C/C=C\C/C=C\CCC(=O)OC[C@H](COP(=O)(O)OC[C@@H](O)COP(=O)(O)OC[C@@H](COC(=O)CC/C=C\C/C=C\C/C=C\C/C=C\C/C=C\CCCCC)OC(=O)CCCCCCC/C=C\CCCCCC)OC(=O)CC/C=C\C/C=C\C/C=C\C/C=C\C/C=C\CCCCC. The predicted octanol–water partition coefficient (Wildman–Crippen LogP) is 24.7. The molecule has 0 aromatic heterocycles. The van der Waals surface area contributed by atoms with Crippen LogP contribution >= 0.6 is 15.6 Å². The molecule has 620 valence electrons. The van der Waals surface area contributed by atoms with Crippen molar-refractivity contribution in [3.05, 3.63) is 207 Å². The molecule has 0 radical (unpaired) electrons. The van der Waals surface area contributed by atoms with Gasteiger partial charge in [0.25, 0.3) is 0 Å². The molecule has 0 bridgehead atoms. The summed E-state index contributed by atoms with van der Waals surface area (Å²) in [5, 5.41) is 10.7. The second kappa shape index (κ2) is 80.7. The summed E-state index contributed by atoms with van der Waals surface area (Å²) in [7, 11) is -10.1. The van der Waals surface area contributed by atoms with E-state index in [-0.39, 0.29) is 25.7 Å². The van der Waals surface area contributed by atoms with Crippen molar-refractivity contribution in [2.45, 2.75) is 303 Å². The van der Waals surface area contributed by atoms with Crippen molar-refractivity contribution < 1.29 is 80.2 Å². The van der Waals surface area contributed by atoms with Crippen LogP contribution in [0.1, 0.15) is 285 Å². The number of ether oxygens (including phenoxy) is 4. The molecule has 3 N–H and O–H groups in total. The largest absolute Gasteiger partial charge is 0.472 e. The maximum atomic E-state index is 13.1. The number of unbranched alkanes of at least 4 members (excludes halogenated alkanes) is 15. The van der Waals surface area contributed by atoms with Gasteiger partial charge < -0.3 is 33.8 Å². The molecule has 2 unspecified atom stereocenters. The summed E-state index contributed by atoms with van der Waals surface area (Å²) >= 11 is 0. The first-order chi connectivity index (χ1) is 53.7. The van der Waals surface area contributed by atoms with Gasteiger partial charge in [0, 0.05) is 25.7 Å². The Bertz CT molecular complexity index is 2900. The fraction of sp³-hybridized carbons (Fsp3) is 0.582. The smallest absolute Gasteiger partial charge is 0.462 e. The molecular formula is C91H144O17P2. The van der Waals surface area contributed by atoms with Crippen molar-refractivity contribution in [2.75, 3.05) is 39.6 Å². The van der Waals surface area contributed by atoms with Gasteiger partial charge in [-0.25, -0.2) is 9.13 Å². The molecule has 0 aromatic rings. The van der Waals surface area contributed by atoms with Crippen LogP contribution in [0.25, 0.3) is 0 Å². The molecule has 0 aliphatic rings. The van der Waals surface area contributed by atoms with Gasteiger partial charge in [0.1, 0.15) is 19.3 Å². The van der Waals surface area contributed by atoms with Crippen molar-refractivity contribution in [1.82, 2.24) is 0 Å². The molecule has 0 heterocycles. The number of hydrogen-bond acceptors (Lipinski definition) is 15. The Morgan fingerprint density at radius 1 is 0.264 bits per heavy atom. The van der Waals surface area contributed by atoms with E-state index in [0.29, 0.717) is 44.9 Å². The zero-order chi connectivity index (χ0) is 80.3. The summed E-state index contributed by atoms with van der Waals surface area (Å²) in [6.07, 6.45) is 101. The average Bonchev–Trinajstić information content (AvgIpc) is 0.900. The molecule has 19 heteroatoms. The third-order valence-electron chi connectivity index (χ3n) is 16.2. The predicted molar refractivity (Wildman–Crippen MR) is 454 cm³/mol. The zero-order valence-corrected chi connectivity index (χ0v) is 69.6. The Morgan fingerprint density at radius 2 is 0.491 bits per heavy atom. The van der Waals surface area contributed by atoms with E-state index in [4.69, 9.17) is 37.0 Å². The number of aliphatic hydroxyl groups excluding tert-OH is 1. The lowest BCUT2D eigenvalue weighted by molar-refractivity contribution is -0.161. The van der Waals surface area contributed by atoms with Crippen LogP contribution in [-0.2, 0) is 65.4 Å². The van der Waals surface area contributed by atoms with Gasteiger partial charge >= 0.3 is 39.5 Å². The summed E-state index contributed by atoms with van der Waals surface area (Å²) in [6, 6.07) is 0. The Morgan fingerprint density at radius 3 is 0.809 bits per heavy atom. The second-order valence-corrected chi connectivity index (χ2v) is 29.5. The molecule has 0 aromatic carbocycles. The highest BCUT2D eigenvalue weighted by Crippen LogP contribution is 2.45. The molecule has 0 amide bonds. The van der Waals surface area contributed by atoms with E-state index < -0.39 is 97.5 Å². The van der Waals surface area contributed by atoms with Crippen LogP contribution in [0.4, 0.5) is 0 Å². The zero-order valence-electron chi connectivity index (χ0n) is 67.8. The third kappa shape index (κ3) is 79.7. The molecular weight excluding hydrogens is 1430 g/mol. The Kier molecular flexibility index (Phi) is 76.0. The van der Waals surface area contributed by atoms with Crippen LogP contribution in [0.3, 0.4) is 0 Å². The lowest BCUT2D eigenvalue weighted by Gasteiger charge is -2.21. The van der Waals surface area contributed by atoms with Crippen molar-refractivity contribution in [3.63, 3.8) is 0 Å². The van der Waals surface area contributed by atoms with Gasteiger partial charge in [0.2, 0.25) is 0 Å². The number of carbonyl (C=O) groups excluding carboxylic acids is 4. The van der Waals surface area contributed by atoms with Gasteiger partial charge in [0.15, 0.2) is 12.2 Å². The first-order valence-electron chi connectivity index (χ1n) is 41.3. The molecule has 0 saturated carbocycles. The maximum Gasteiger partial charge on any atom is 0.472 e. The third-order valence-corrected chi connectivity index (χ3v) is 18.1. The number of aliphatic hydroxyl groups is 1. The van der Waals surface area contributed by atoms with E-state index in [2.05, 4.69) is 180 Å². The lowest BCUT2D eigenvalue weighted by Crippen LogP contribution is -2.30. The lowest BCUT2D eigenvalue weighted by atomic mass is 10.1. The van der Waals surface area contributed by atoms with Crippen LogP contribution in [0.5, 0.6) is 0 Å². The Balaban J connectivity index is 5.59. The van der Waals surface area contributed by atoms with Gasteiger partial charge in [-0.05, 0) is 167 Å². The number of rotatable bonds is 75. The summed E-state index contributed by atoms with van der Waals surface area (Å²) in [6.45, 7) is 4.39. The van der Waals surface area contributed by atoms with E-state index in [1.807, 2.05) is 54.7 Å². The maximum absolute atomic E-state index is 13.1. The highest BCUT2D eigenvalue weighted by atomic mass is 31.2. The van der Waals surface area contributed by atoms with Gasteiger partial charge in [-0.1, -0.05) is 298 Å². The molecule has 0 saturated heterocycles. The first-order valence-corrected chi connectivity index (χ1v) is 44.3. The minimum absolute atomic E-state index is 0.0104. The standard InChI is InChI=1S/C91H144O17P2/c1-5-9-13-17-21-25-29-33-36-39-42-45-48-52-55-59-63-67-71-75-88(93)101-81-86(107-90(95)77-73-69-65-61-57-51-32-28-24-20-16-12-8-4)83-105-109(97,98)103-79-85(92)80-104-110(99,100)106-84-87(108-91(96)78-74-70-66-62-58-54-50-47-44-41-38-35-31-27-23-19-15-11-7-3)82-102-89(94)76-72-68-64-60-56-53-49-46-43-40-37-34-30-26-22-18-14-10-6-2/h10,14,21-23,25-28,32-38,42-47,52-56,58,63-64,66-68,70,85-87,92H,5-9,11-13,15-20,24,29-31,39-41,48-51,57,59-62,65,69,71-84H2,1-4H3,(H,97,98)(H,99,100)/b14-10-,25-21-,26-22-,27-23-,32-28-,36-33-,37-34-,38-35-,45-42-,46-43-,47-44-,55-52-,56-53-,58-54-,67-63-,68-64-,70-66-/t85-,86+,87+/m0/s1. The molecule has 0 fully saturated rings.